The van der Waals surface area contributed by atoms with Gasteiger partial charge in [-0.2, -0.15) is 0 Å². The zero-order chi connectivity index (χ0) is 17.3. The van der Waals surface area contributed by atoms with Gasteiger partial charge in [-0.1, -0.05) is 49.2 Å². The monoisotopic (exact) mass is 338 g/mol. The third kappa shape index (κ3) is 3.46. The fourth-order valence-corrected chi connectivity index (χ4v) is 4.65. The number of nitrogens with zero attached hydrogens (tertiary/aromatic N) is 2. The molecule has 1 N–H and O–H groups in total. The largest absolute Gasteiger partial charge is 0.385 e. The van der Waals surface area contributed by atoms with Crippen LogP contribution in [0.3, 0.4) is 0 Å². The molecule has 1 aliphatic carbocycles. The first kappa shape index (κ1) is 17.0. The topological polar surface area (TPSA) is 26.7 Å². The molecule has 0 spiro atoms. The van der Waals surface area contributed by atoms with Crippen molar-refractivity contribution in [3.63, 3.8) is 0 Å². The van der Waals surface area contributed by atoms with Crippen LogP contribution in [-0.4, -0.2) is 54.7 Å². The molecule has 3 nitrogen and oxygen atoms in total. The van der Waals surface area contributed by atoms with Crippen LogP contribution in [0.2, 0.25) is 0 Å². The molecule has 2 fully saturated rings. The van der Waals surface area contributed by atoms with Crippen LogP contribution in [0.25, 0.3) is 10.8 Å². The predicted molar refractivity (Wildman–Crippen MR) is 104 cm³/mol. The van der Waals surface area contributed by atoms with Crippen LogP contribution in [-0.2, 0) is 5.60 Å². The van der Waals surface area contributed by atoms with Gasteiger partial charge in [0.1, 0.15) is 0 Å². The van der Waals surface area contributed by atoms with Crippen molar-refractivity contribution in [2.24, 2.45) is 5.92 Å². The van der Waals surface area contributed by atoms with Crippen LogP contribution in [0.5, 0.6) is 0 Å². The number of fused-ring (bicyclic) bond motifs is 1. The summed E-state index contributed by atoms with van der Waals surface area (Å²) < 4.78 is 0. The van der Waals surface area contributed by atoms with E-state index in [0.717, 1.165) is 57.5 Å². The fraction of sp³-hybridized carbons (Fsp3) is 0.545. The smallest absolute Gasteiger partial charge is 0.0937 e. The van der Waals surface area contributed by atoms with Crippen LogP contribution in [0.1, 0.15) is 31.2 Å². The van der Waals surface area contributed by atoms with Gasteiger partial charge in [0, 0.05) is 38.6 Å². The molecule has 1 saturated heterocycles. The zero-order valence-electron chi connectivity index (χ0n) is 15.3. The summed E-state index contributed by atoms with van der Waals surface area (Å²) in [5.41, 5.74) is 0.441. The van der Waals surface area contributed by atoms with Crippen LogP contribution in [0.15, 0.2) is 42.5 Å². The Morgan fingerprint density at radius 1 is 1.00 bits per heavy atom. The van der Waals surface area contributed by atoms with Crippen molar-refractivity contribution in [1.82, 2.24) is 9.80 Å². The van der Waals surface area contributed by atoms with Gasteiger partial charge in [0.2, 0.25) is 0 Å². The van der Waals surface area contributed by atoms with Gasteiger partial charge in [-0.3, -0.25) is 0 Å². The Morgan fingerprint density at radius 3 is 2.56 bits per heavy atom. The van der Waals surface area contributed by atoms with E-state index in [0.29, 0.717) is 5.92 Å². The van der Waals surface area contributed by atoms with Gasteiger partial charge in [-0.05, 0) is 42.3 Å². The van der Waals surface area contributed by atoms with Gasteiger partial charge in [0.25, 0.3) is 0 Å². The molecule has 2 atom stereocenters. The van der Waals surface area contributed by atoms with Crippen LogP contribution in [0.4, 0.5) is 0 Å². The molecule has 0 amide bonds. The molecular weight excluding hydrogens is 308 g/mol. The third-order valence-corrected chi connectivity index (χ3v) is 6.36. The van der Waals surface area contributed by atoms with Gasteiger partial charge in [-0.25, -0.2) is 0 Å². The number of aliphatic hydroxyl groups is 1. The lowest BCUT2D eigenvalue weighted by Crippen LogP contribution is -2.50. The molecule has 0 bridgehead atoms. The quantitative estimate of drug-likeness (QED) is 0.928. The number of likely N-dealkylation sites (N-methyl/N-ethyl adjacent to an activating group) is 1. The van der Waals surface area contributed by atoms with E-state index in [1.54, 1.807) is 0 Å². The molecule has 2 unspecified atom stereocenters. The van der Waals surface area contributed by atoms with Gasteiger partial charge in [0.15, 0.2) is 0 Å². The van der Waals surface area contributed by atoms with Gasteiger partial charge in [0.05, 0.1) is 5.60 Å². The Balaban J connectivity index is 1.59. The highest BCUT2D eigenvalue weighted by atomic mass is 16.3. The first-order chi connectivity index (χ1) is 12.1. The first-order valence-electron chi connectivity index (χ1n) is 9.78. The van der Waals surface area contributed by atoms with Crippen molar-refractivity contribution in [2.45, 2.75) is 31.3 Å². The summed E-state index contributed by atoms with van der Waals surface area (Å²) in [6.45, 7) is 5.56. The van der Waals surface area contributed by atoms with Crippen molar-refractivity contribution < 1.29 is 5.11 Å². The summed E-state index contributed by atoms with van der Waals surface area (Å²) in [5.74, 6) is 0.339. The second kappa shape index (κ2) is 7.06. The second-order valence-corrected chi connectivity index (χ2v) is 8.03. The molecule has 1 heterocycles. The lowest BCUT2D eigenvalue weighted by molar-refractivity contribution is -0.0683. The summed E-state index contributed by atoms with van der Waals surface area (Å²) in [7, 11) is 2.20. The highest BCUT2D eigenvalue weighted by molar-refractivity contribution is 5.83. The molecule has 2 aromatic carbocycles. The van der Waals surface area contributed by atoms with Crippen molar-refractivity contribution >= 4 is 10.8 Å². The highest BCUT2D eigenvalue weighted by Gasteiger charge is 2.41. The van der Waals surface area contributed by atoms with E-state index in [9.17, 15) is 5.11 Å². The average Bonchev–Trinajstić information content (AvgIpc) is 2.65. The van der Waals surface area contributed by atoms with Crippen molar-refractivity contribution in [2.75, 3.05) is 39.8 Å². The zero-order valence-corrected chi connectivity index (χ0v) is 15.3. The number of hydrogen-bond donors (Lipinski definition) is 1. The van der Waals surface area contributed by atoms with E-state index in [4.69, 9.17) is 0 Å². The molecule has 25 heavy (non-hydrogen) atoms. The number of benzene rings is 2. The normalized spacial score (nSPS) is 29.1. The maximum Gasteiger partial charge on any atom is 0.0937 e. The number of hydrogen-bond acceptors (Lipinski definition) is 3. The lowest BCUT2D eigenvalue weighted by atomic mass is 9.71. The fourth-order valence-electron chi connectivity index (χ4n) is 4.65. The summed E-state index contributed by atoms with van der Waals surface area (Å²) in [6, 6.07) is 15.0. The summed E-state index contributed by atoms with van der Waals surface area (Å²) in [4.78, 5) is 4.95. The van der Waals surface area contributed by atoms with Gasteiger partial charge < -0.3 is 14.9 Å². The Labute approximate surface area is 151 Å². The molecule has 0 radical (unpaired) electrons. The SMILES string of the molecule is CN1CCN(CC2CCCCC2(O)c2ccc3ccccc3c2)CC1. The molecular formula is C22H30N2O. The van der Waals surface area contributed by atoms with E-state index < -0.39 is 5.60 Å². The Hall–Kier alpha value is -1.42. The second-order valence-electron chi connectivity index (χ2n) is 8.03. The first-order valence-corrected chi connectivity index (χ1v) is 9.78. The van der Waals surface area contributed by atoms with Crippen molar-refractivity contribution in [3.8, 4) is 0 Å². The van der Waals surface area contributed by atoms with Crippen LogP contribution < -0.4 is 0 Å². The minimum absolute atomic E-state index is 0.339. The number of piperazine rings is 1. The van der Waals surface area contributed by atoms with E-state index in [2.05, 4.69) is 59.3 Å². The highest BCUT2D eigenvalue weighted by Crippen LogP contribution is 2.43. The molecule has 2 aliphatic rings. The molecule has 3 heteroatoms. The number of rotatable bonds is 3. The Kier molecular flexibility index (Phi) is 4.81. The minimum atomic E-state index is -0.675. The summed E-state index contributed by atoms with van der Waals surface area (Å²) in [5, 5.41) is 14.2. The predicted octanol–water partition coefficient (Wildman–Crippen LogP) is 3.47. The molecule has 4 rings (SSSR count). The average molecular weight is 338 g/mol. The third-order valence-electron chi connectivity index (χ3n) is 6.36. The van der Waals surface area contributed by atoms with E-state index >= 15 is 0 Å². The molecule has 134 valence electrons. The Morgan fingerprint density at radius 2 is 1.76 bits per heavy atom. The van der Waals surface area contributed by atoms with E-state index in [1.165, 1.54) is 17.2 Å². The van der Waals surface area contributed by atoms with Crippen LogP contribution >= 0.6 is 0 Å². The van der Waals surface area contributed by atoms with Crippen molar-refractivity contribution in [1.29, 1.82) is 0 Å². The maximum absolute atomic E-state index is 11.7. The molecule has 2 aromatic rings. The molecule has 0 aromatic heterocycles. The van der Waals surface area contributed by atoms with E-state index in [-0.39, 0.29) is 0 Å². The standard InChI is InChI=1S/C22H30N2O/c1-23-12-14-24(15-13-23)17-21-8-4-5-11-22(21,25)20-10-9-18-6-2-3-7-19(18)16-20/h2-3,6-7,9-10,16,21,25H,4-5,8,11-15,17H2,1H3. The van der Waals surface area contributed by atoms with Crippen LogP contribution in [0, 0.1) is 5.92 Å². The summed E-state index contributed by atoms with van der Waals surface area (Å²) >= 11 is 0. The minimum Gasteiger partial charge on any atom is -0.385 e. The summed E-state index contributed by atoms with van der Waals surface area (Å²) in [6.07, 6.45) is 4.40. The maximum atomic E-state index is 11.7. The van der Waals surface area contributed by atoms with Crippen molar-refractivity contribution in [3.05, 3.63) is 48.0 Å². The molecule has 1 saturated carbocycles. The lowest BCUT2D eigenvalue weighted by Gasteiger charge is -2.44. The molecule has 1 aliphatic heterocycles. The van der Waals surface area contributed by atoms with E-state index in [1.807, 2.05) is 0 Å². The van der Waals surface area contributed by atoms with Gasteiger partial charge in [-0.15, -0.1) is 0 Å². The Bertz CT molecular complexity index is 723. The van der Waals surface area contributed by atoms with Gasteiger partial charge >= 0.3 is 0 Å².